The van der Waals surface area contributed by atoms with Crippen molar-refractivity contribution in [1.82, 2.24) is 4.98 Å². The quantitative estimate of drug-likeness (QED) is 0.610. The Balaban J connectivity index is 1.61. The number of hydrogen-bond acceptors (Lipinski definition) is 7. The van der Waals surface area contributed by atoms with Crippen LogP contribution in [0, 0.1) is 0 Å². The molecule has 142 valence electrons. The van der Waals surface area contributed by atoms with E-state index in [4.69, 9.17) is 19.9 Å². The van der Waals surface area contributed by atoms with Crippen molar-refractivity contribution >= 4 is 23.5 Å². The topological polar surface area (TPSA) is 104 Å². The highest BCUT2D eigenvalue weighted by Crippen LogP contribution is 2.36. The zero-order chi connectivity index (χ0) is 19.4. The summed E-state index contributed by atoms with van der Waals surface area (Å²) in [6.45, 7) is 3.23. The Kier molecular flexibility index (Phi) is 5.16. The zero-order valence-electron chi connectivity index (χ0n) is 15.2. The summed E-state index contributed by atoms with van der Waals surface area (Å²) < 4.78 is 16.3. The van der Waals surface area contributed by atoms with Gasteiger partial charge in [0.2, 0.25) is 0 Å². The number of ether oxygens (including phenoxy) is 3. The number of esters is 1. The summed E-state index contributed by atoms with van der Waals surface area (Å²) in [6, 6.07) is 12.4. The van der Waals surface area contributed by atoms with Gasteiger partial charge in [0.25, 0.3) is 5.91 Å². The van der Waals surface area contributed by atoms with Gasteiger partial charge in [0.1, 0.15) is 31.3 Å². The van der Waals surface area contributed by atoms with Crippen molar-refractivity contribution in [2.24, 2.45) is 0 Å². The van der Waals surface area contributed by atoms with Crippen LogP contribution < -0.4 is 20.1 Å². The molecule has 0 aliphatic carbocycles. The van der Waals surface area contributed by atoms with Crippen LogP contribution in [0.4, 0.5) is 11.6 Å². The van der Waals surface area contributed by atoms with Crippen molar-refractivity contribution in [2.75, 3.05) is 30.4 Å². The van der Waals surface area contributed by atoms with Crippen LogP contribution in [0.15, 0.2) is 42.5 Å². The lowest BCUT2D eigenvalue weighted by Gasteiger charge is -2.37. The van der Waals surface area contributed by atoms with E-state index in [9.17, 15) is 9.59 Å². The van der Waals surface area contributed by atoms with E-state index in [1.165, 1.54) is 4.90 Å². The summed E-state index contributed by atoms with van der Waals surface area (Å²) in [6.07, 6.45) is 0. The number of nitrogens with two attached hydrogens (primary N) is 1. The first-order valence-electron chi connectivity index (χ1n) is 8.48. The molecule has 0 fully saturated rings. The van der Waals surface area contributed by atoms with E-state index in [1.54, 1.807) is 26.0 Å². The largest absolute Gasteiger partial charge is 0.490 e. The lowest BCUT2D eigenvalue weighted by atomic mass is 10.1. The summed E-state index contributed by atoms with van der Waals surface area (Å²) >= 11 is 0. The first-order valence-corrected chi connectivity index (χ1v) is 8.48. The standard InChI is InChI=1S/C19H21N3O5/c1-19(2)18(24)22(17-14(27-19)8-9-15(20)21-17)12-16(23)26-11-10-25-13-6-4-3-5-7-13/h3-9H,10-12H2,1-2H3,(H2,20,21). The van der Waals surface area contributed by atoms with Crippen molar-refractivity contribution in [3.8, 4) is 11.5 Å². The number of aromatic nitrogens is 1. The van der Waals surface area contributed by atoms with Crippen LogP contribution in [-0.4, -0.2) is 42.2 Å². The molecule has 1 aromatic heterocycles. The molecule has 2 aromatic rings. The van der Waals surface area contributed by atoms with Crippen LogP contribution in [0.5, 0.6) is 11.5 Å². The van der Waals surface area contributed by atoms with Gasteiger partial charge in [-0.05, 0) is 38.1 Å². The van der Waals surface area contributed by atoms with Gasteiger partial charge in [-0.15, -0.1) is 0 Å². The second kappa shape index (κ2) is 7.53. The predicted molar refractivity (Wildman–Crippen MR) is 98.6 cm³/mol. The van der Waals surface area contributed by atoms with Gasteiger partial charge in [-0.2, -0.15) is 0 Å². The van der Waals surface area contributed by atoms with Crippen molar-refractivity contribution in [2.45, 2.75) is 19.4 Å². The summed E-state index contributed by atoms with van der Waals surface area (Å²) in [5.41, 5.74) is 4.58. The molecule has 0 spiro atoms. The van der Waals surface area contributed by atoms with Gasteiger partial charge in [-0.3, -0.25) is 14.5 Å². The van der Waals surface area contributed by atoms with E-state index in [0.29, 0.717) is 11.5 Å². The number of benzene rings is 1. The number of rotatable bonds is 6. The Hall–Kier alpha value is -3.29. The van der Waals surface area contributed by atoms with Crippen LogP contribution in [0.3, 0.4) is 0 Å². The maximum absolute atomic E-state index is 12.7. The molecule has 2 N–H and O–H groups in total. The van der Waals surface area contributed by atoms with Crippen molar-refractivity contribution in [3.05, 3.63) is 42.5 Å². The number of fused-ring (bicyclic) bond motifs is 1. The van der Waals surface area contributed by atoms with E-state index in [-0.39, 0.29) is 31.4 Å². The van der Waals surface area contributed by atoms with E-state index >= 15 is 0 Å². The number of hydrogen-bond donors (Lipinski definition) is 1. The lowest BCUT2D eigenvalue weighted by molar-refractivity contribution is -0.145. The summed E-state index contributed by atoms with van der Waals surface area (Å²) in [7, 11) is 0. The molecule has 1 amide bonds. The van der Waals surface area contributed by atoms with Gasteiger partial charge < -0.3 is 19.9 Å². The third kappa shape index (κ3) is 4.28. The second-order valence-electron chi connectivity index (χ2n) is 6.44. The maximum atomic E-state index is 12.7. The zero-order valence-corrected chi connectivity index (χ0v) is 15.2. The fourth-order valence-electron chi connectivity index (χ4n) is 2.62. The molecular formula is C19H21N3O5. The number of pyridine rings is 1. The first-order chi connectivity index (χ1) is 12.9. The van der Waals surface area contributed by atoms with E-state index < -0.39 is 17.5 Å². The fourth-order valence-corrected chi connectivity index (χ4v) is 2.62. The van der Waals surface area contributed by atoms with Gasteiger partial charge in [0.05, 0.1) is 0 Å². The second-order valence-corrected chi connectivity index (χ2v) is 6.44. The SMILES string of the molecule is CC1(C)Oc2ccc(N)nc2N(CC(=O)OCCOc2ccccc2)C1=O. The average Bonchev–Trinajstić information content (AvgIpc) is 2.64. The number of nitrogen functional groups attached to an aromatic ring is 1. The molecule has 3 rings (SSSR count). The Labute approximate surface area is 156 Å². The molecule has 8 heteroatoms. The minimum Gasteiger partial charge on any atom is -0.490 e. The van der Waals surface area contributed by atoms with Crippen LogP contribution >= 0.6 is 0 Å². The Morgan fingerprint density at radius 2 is 1.93 bits per heavy atom. The molecule has 0 radical (unpaired) electrons. The monoisotopic (exact) mass is 371 g/mol. The van der Waals surface area contributed by atoms with Crippen molar-refractivity contribution < 1.29 is 23.8 Å². The van der Waals surface area contributed by atoms with Gasteiger partial charge in [-0.25, -0.2) is 4.98 Å². The molecule has 0 bridgehead atoms. The van der Waals surface area contributed by atoms with Crippen molar-refractivity contribution in [3.63, 3.8) is 0 Å². The highest BCUT2D eigenvalue weighted by Gasteiger charge is 2.42. The van der Waals surface area contributed by atoms with Gasteiger partial charge in [-0.1, -0.05) is 18.2 Å². The number of carbonyl (C=O) groups is 2. The average molecular weight is 371 g/mol. The number of carbonyl (C=O) groups excluding carboxylic acids is 2. The molecule has 0 unspecified atom stereocenters. The minimum absolute atomic E-state index is 0.0624. The molecule has 8 nitrogen and oxygen atoms in total. The highest BCUT2D eigenvalue weighted by atomic mass is 16.6. The van der Waals surface area contributed by atoms with E-state index in [2.05, 4.69) is 4.98 Å². The Morgan fingerprint density at radius 1 is 1.19 bits per heavy atom. The van der Waals surface area contributed by atoms with Gasteiger partial charge >= 0.3 is 5.97 Å². The molecule has 1 aromatic carbocycles. The van der Waals surface area contributed by atoms with Crippen LogP contribution in [-0.2, 0) is 14.3 Å². The number of nitrogens with zero attached hydrogens (tertiary/aromatic N) is 2. The summed E-state index contributed by atoms with van der Waals surface area (Å²) in [5, 5.41) is 0. The normalized spacial score (nSPS) is 14.9. The van der Waals surface area contributed by atoms with Crippen LogP contribution in [0.2, 0.25) is 0 Å². The molecular weight excluding hydrogens is 350 g/mol. The molecule has 1 aliphatic rings. The lowest BCUT2D eigenvalue weighted by Crippen LogP contribution is -2.54. The van der Waals surface area contributed by atoms with E-state index in [0.717, 1.165) is 0 Å². The fraction of sp³-hybridized carbons (Fsp3) is 0.316. The molecule has 0 atom stereocenters. The molecule has 2 heterocycles. The Bertz CT molecular complexity index is 838. The number of amides is 1. The third-order valence-corrected chi connectivity index (χ3v) is 3.89. The van der Waals surface area contributed by atoms with Crippen LogP contribution in [0.25, 0.3) is 0 Å². The minimum atomic E-state index is -1.12. The predicted octanol–water partition coefficient (Wildman–Crippen LogP) is 1.79. The number of anilines is 2. The maximum Gasteiger partial charge on any atom is 0.326 e. The first kappa shape index (κ1) is 18.5. The smallest absolute Gasteiger partial charge is 0.326 e. The Morgan fingerprint density at radius 3 is 2.67 bits per heavy atom. The van der Waals surface area contributed by atoms with Crippen molar-refractivity contribution in [1.29, 1.82) is 0 Å². The summed E-state index contributed by atoms with van der Waals surface area (Å²) in [4.78, 5) is 30.2. The summed E-state index contributed by atoms with van der Waals surface area (Å²) in [5.74, 6) is 0.524. The highest BCUT2D eigenvalue weighted by molar-refractivity contribution is 6.04. The number of para-hydroxylation sites is 1. The molecule has 27 heavy (non-hydrogen) atoms. The van der Waals surface area contributed by atoms with Gasteiger partial charge in [0, 0.05) is 0 Å². The molecule has 0 saturated carbocycles. The molecule has 1 aliphatic heterocycles. The third-order valence-electron chi connectivity index (χ3n) is 3.89. The van der Waals surface area contributed by atoms with Crippen LogP contribution in [0.1, 0.15) is 13.8 Å². The molecule has 0 saturated heterocycles. The van der Waals surface area contributed by atoms with Gasteiger partial charge in [0.15, 0.2) is 17.2 Å². The van der Waals surface area contributed by atoms with E-state index in [1.807, 2.05) is 30.3 Å².